The van der Waals surface area contributed by atoms with Gasteiger partial charge in [-0.05, 0) is 49.7 Å². The lowest BCUT2D eigenvalue weighted by Crippen LogP contribution is -2.09. The number of halogens is 3. The summed E-state index contributed by atoms with van der Waals surface area (Å²) in [5, 5.41) is 7.36. The van der Waals surface area contributed by atoms with Crippen LogP contribution in [0.2, 0.25) is 0 Å². The van der Waals surface area contributed by atoms with E-state index in [0.29, 0.717) is 28.8 Å². The summed E-state index contributed by atoms with van der Waals surface area (Å²) in [5.74, 6) is 1.33. The number of imidazole rings is 1. The maximum Gasteiger partial charge on any atom is 0.416 e. The molecular weight excluding hydrogens is 421 g/mol. The lowest BCUT2D eigenvalue weighted by atomic mass is 10.1. The van der Waals surface area contributed by atoms with Crippen molar-refractivity contribution in [1.82, 2.24) is 24.3 Å². The maximum absolute atomic E-state index is 13.2. The number of aryl methyl sites for hydroxylation is 2. The molecule has 0 atom stereocenters. The van der Waals surface area contributed by atoms with Gasteiger partial charge in [0.2, 0.25) is 5.95 Å². The number of ether oxygens (including phenoxy) is 1. The first-order valence-corrected chi connectivity index (χ1v) is 9.71. The normalized spacial score (nSPS) is 11.6. The van der Waals surface area contributed by atoms with Crippen LogP contribution < -0.4 is 10.1 Å². The predicted molar refractivity (Wildman–Crippen MR) is 114 cm³/mol. The van der Waals surface area contributed by atoms with Crippen molar-refractivity contribution in [3.63, 3.8) is 0 Å². The molecule has 0 aliphatic rings. The average molecular weight is 442 g/mol. The molecule has 166 valence electrons. The summed E-state index contributed by atoms with van der Waals surface area (Å²) in [6.07, 6.45) is -0.847. The van der Waals surface area contributed by atoms with E-state index in [9.17, 15) is 13.2 Å². The van der Waals surface area contributed by atoms with Gasteiger partial charge in [0.1, 0.15) is 5.75 Å². The number of rotatable bonds is 5. The SMILES string of the molecule is COc1cc(-c2nc(Nc3cccc(C(F)(F)F)c3C)n(C)n2)ccc1-n1cnc(C)c1. The van der Waals surface area contributed by atoms with Crippen LogP contribution in [0.1, 0.15) is 16.8 Å². The maximum atomic E-state index is 13.2. The van der Waals surface area contributed by atoms with Gasteiger partial charge in [0.25, 0.3) is 0 Å². The van der Waals surface area contributed by atoms with Crippen LogP contribution >= 0.6 is 0 Å². The van der Waals surface area contributed by atoms with E-state index in [2.05, 4.69) is 20.4 Å². The standard InChI is InChI=1S/C22H21F3N6O/c1-13-11-31(12-26-13)18-9-8-15(10-19(18)32-4)20-28-21(30(3)29-20)27-17-7-5-6-16(14(17)2)22(23,24)25/h5-12H,1-4H3,(H,27,28,29). The Morgan fingerprint density at radius 3 is 2.53 bits per heavy atom. The monoisotopic (exact) mass is 442 g/mol. The molecule has 32 heavy (non-hydrogen) atoms. The highest BCUT2D eigenvalue weighted by atomic mass is 19.4. The molecule has 0 fully saturated rings. The highest BCUT2D eigenvalue weighted by Crippen LogP contribution is 2.35. The number of aromatic nitrogens is 5. The molecule has 0 bridgehead atoms. The Morgan fingerprint density at radius 1 is 1.09 bits per heavy atom. The van der Waals surface area contributed by atoms with Crippen molar-refractivity contribution in [2.75, 3.05) is 12.4 Å². The Balaban J connectivity index is 1.66. The Labute approximate surface area is 182 Å². The van der Waals surface area contributed by atoms with Crippen LogP contribution in [0.4, 0.5) is 24.8 Å². The molecule has 0 aliphatic heterocycles. The van der Waals surface area contributed by atoms with Crippen molar-refractivity contribution >= 4 is 11.6 Å². The molecule has 2 aromatic carbocycles. The summed E-state index contributed by atoms with van der Waals surface area (Å²) in [6.45, 7) is 3.32. The average Bonchev–Trinajstić information content (AvgIpc) is 3.34. The summed E-state index contributed by atoms with van der Waals surface area (Å²) >= 11 is 0. The Hall–Kier alpha value is -3.82. The quantitative estimate of drug-likeness (QED) is 0.468. The molecule has 0 aliphatic carbocycles. The third kappa shape index (κ3) is 4.03. The van der Waals surface area contributed by atoms with E-state index in [1.807, 2.05) is 29.8 Å². The van der Waals surface area contributed by atoms with Crippen LogP contribution in [-0.4, -0.2) is 31.4 Å². The van der Waals surface area contributed by atoms with Gasteiger partial charge in [-0.25, -0.2) is 9.67 Å². The van der Waals surface area contributed by atoms with Crippen LogP contribution in [0, 0.1) is 13.8 Å². The molecule has 0 saturated carbocycles. The van der Waals surface area contributed by atoms with Crippen molar-refractivity contribution < 1.29 is 17.9 Å². The van der Waals surface area contributed by atoms with E-state index < -0.39 is 11.7 Å². The molecule has 1 N–H and O–H groups in total. The largest absolute Gasteiger partial charge is 0.495 e. The summed E-state index contributed by atoms with van der Waals surface area (Å²) in [6, 6.07) is 9.51. The number of methoxy groups -OCH3 is 1. The first-order chi connectivity index (χ1) is 15.2. The van der Waals surface area contributed by atoms with Crippen LogP contribution in [0.5, 0.6) is 5.75 Å². The second kappa shape index (κ2) is 8.03. The minimum atomic E-state index is -4.43. The summed E-state index contributed by atoms with van der Waals surface area (Å²) in [4.78, 5) is 8.71. The summed E-state index contributed by atoms with van der Waals surface area (Å²) in [7, 11) is 3.24. The number of anilines is 2. The number of nitrogens with zero attached hydrogens (tertiary/aromatic N) is 5. The molecule has 0 unspecified atom stereocenters. The highest BCUT2D eigenvalue weighted by Gasteiger charge is 2.33. The van der Waals surface area contributed by atoms with Crippen LogP contribution in [0.15, 0.2) is 48.9 Å². The first kappa shape index (κ1) is 21.4. The predicted octanol–water partition coefficient (Wildman–Crippen LogP) is 5.06. The van der Waals surface area contributed by atoms with E-state index in [1.54, 1.807) is 32.6 Å². The number of hydrogen-bond donors (Lipinski definition) is 1. The van der Waals surface area contributed by atoms with Gasteiger partial charge in [0.05, 0.1) is 30.4 Å². The second-order valence-corrected chi connectivity index (χ2v) is 7.29. The van der Waals surface area contributed by atoms with Crippen molar-refractivity contribution in [3.05, 3.63) is 65.7 Å². The summed E-state index contributed by atoms with van der Waals surface area (Å²) in [5.41, 5.74) is 2.09. The molecule has 7 nitrogen and oxygen atoms in total. The van der Waals surface area contributed by atoms with E-state index in [-0.39, 0.29) is 5.56 Å². The molecule has 10 heteroatoms. The van der Waals surface area contributed by atoms with Gasteiger partial charge in [-0.1, -0.05) is 6.07 Å². The molecule has 0 radical (unpaired) electrons. The summed E-state index contributed by atoms with van der Waals surface area (Å²) < 4.78 is 48.5. The van der Waals surface area contributed by atoms with Gasteiger partial charge in [-0.3, -0.25) is 0 Å². The molecule has 2 aromatic heterocycles. The Bertz CT molecular complexity index is 1280. The zero-order valence-corrected chi connectivity index (χ0v) is 17.9. The van der Waals surface area contributed by atoms with Gasteiger partial charge in [-0.15, -0.1) is 5.10 Å². The lowest BCUT2D eigenvalue weighted by molar-refractivity contribution is -0.138. The number of nitrogens with one attached hydrogen (secondary N) is 1. The van der Waals surface area contributed by atoms with Crippen LogP contribution in [0.3, 0.4) is 0 Å². The van der Waals surface area contributed by atoms with Crippen molar-refractivity contribution in [1.29, 1.82) is 0 Å². The van der Waals surface area contributed by atoms with E-state index in [4.69, 9.17) is 4.74 Å². The number of hydrogen-bond acceptors (Lipinski definition) is 5. The molecule has 2 heterocycles. The molecule has 4 rings (SSSR count). The lowest BCUT2D eigenvalue weighted by Gasteiger charge is -2.14. The van der Waals surface area contributed by atoms with Crippen molar-refractivity contribution in [2.24, 2.45) is 7.05 Å². The van der Waals surface area contributed by atoms with Gasteiger partial charge >= 0.3 is 6.18 Å². The molecule has 0 saturated heterocycles. The minimum Gasteiger partial charge on any atom is -0.495 e. The van der Waals surface area contributed by atoms with Gasteiger partial charge in [-0.2, -0.15) is 18.2 Å². The topological polar surface area (TPSA) is 69.8 Å². The van der Waals surface area contributed by atoms with E-state index in [1.165, 1.54) is 17.7 Å². The van der Waals surface area contributed by atoms with Gasteiger partial charge in [0, 0.05) is 24.5 Å². The third-order valence-corrected chi connectivity index (χ3v) is 5.08. The minimum absolute atomic E-state index is 0.0891. The Morgan fingerprint density at radius 2 is 1.88 bits per heavy atom. The van der Waals surface area contributed by atoms with Gasteiger partial charge in [0.15, 0.2) is 5.82 Å². The fraction of sp³-hybridized carbons (Fsp3) is 0.227. The third-order valence-electron chi connectivity index (χ3n) is 5.08. The number of alkyl halides is 3. The Kier molecular flexibility index (Phi) is 5.37. The van der Waals surface area contributed by atoms with Crippen LogP contribution in [-0.2, 0) is 13.2 Å². The molecule has 0 amide bonds. The van der Waals surface area contributed by atoms with E-state index >= 15 is 0 Å². The van der Waals surface area contributed by atoms with Crippen LogP contribution in [0.25, 0.3) is 17.1 Å². The molecule has 0 spiro atoms. The zero-order chi connectivity index (χ0) is 23.0. The second-order valence-electron chi connectivity index (χ2n) is 7.29. The zero-order valence-electron chi connectivity index (χ0n) is 17.9. The number of benzene rings is 2. The van der Waals surface area contributed by atoms with Gasteiger partial charge < -0.3 is 14.6 Å². The van der Waals surface area contributed by atoms with Crippen molar-refractivity contribution in [3.8, 4) is 22.8 Å². The van der Waals surface area contributed by atoms with Crippen molar-refractivity contribution in [2.45, 2.75) is 20.0 Å². The molecular formula is C22H21F3N6O. The first-order valence-electron chi connectivity index (χ1n) is 9.71. The molecule has 4 aromatic rings. The highest BCUT2D eigenvalue weighted by molar-refractivity contribution is 5.66. The fourth-order valence-corrected chi connectivity index (χ4v) is 3.40. The fourth-order valence-electron chi connectivity index (χ4n) is 3.40. The smallest absolute Gasteiger partial charge is 0.416 e. The van der Waals surface area contributed by atoms with E-state index in [0.717, 1.165) is 17.4 Å².